The Bertz CT molecular complexity index is 219. The molecule has 1 N–H and O–H groups in total. The molecule has 0 spiro atoms. The van der Waals surface area contributed by atoms with Crippen LogP contribution in [-0.2, 0) is 0 Å². The molecule has 1 aliphatic heterocycles. The van der Waals surface area contributed by atoms with Crippen molar-refractivity contribution < 1.29 is 0 Å². The molecule has 0 aliphatic carbocycles. The van der Waals surface area contributed by atoms with E-state index in [0.29, 0.717) is 6.04 Å². The van der Waals surface area contributed by atoms with Gasteiger partial charge in [0.15, 0.2) is 0 Å². The molecule has 80 valence electrons. The number of hydrogen-bond acceptors (Lipinski definition) is 2. The van der Waals surface area contributed by atoms with E-state index in [4.69, 9.17) is 6.42 Å². The predicted octanol–water partition coefficient (Wildman–Crippen LogP) is 1.47. The van der Waals surface area contributed by atoms with Crippen LogP contribution in [0.3, 0.4) is 0 Å². The SMILES string of the molecule is C#CC(CC)N1CCNC(C)(CC)C1. The van der Waals surface area contributed by atoms with E-state index in [0.717, 1.165) is 32.5 Å². The maximum absolute atomic E-state index is 5.53. The van der Waals surface area contributed by atoms with Gasteiger partial charge in [0.05, 0.1) is 6.04 Å². The van der Waals surface area contributed by atoms with E-state index in [1.54, 1.807) is 0 Å². The third-order valence-electron chi connectivity index (χ3n) is 3.30. The molecular formula is C12H22N2. The number of rotatable bonds is 3. The number of nitrogens with zero attached hydrogens (tertiary/aromatic N) is 1. The van der Waals surface area contributed by atoms with Gasteiger partial charge in [-0.15, -0.1) is 6.42 Å². The van der Waals surface area contributed by atoms with Gasteiger partial charge in [0.1, 0.15) is 0 Å². The minimum absolute atomic E-state index is 0.252. The molecule has 0 bridgehead atoms. The molecule has 14 heavy (non-hydrogen) atoms. The molecule has 0 radical (unpaired) electrons. The molecule has 2 unspecified atom stereocenters. The second kappa shape index (κ2) is 4.82. The predicted molar refractivity (Wildman–Crippen MR) is 61.2 cm³/mol. The van der Waals surface area contributed by atoms with E-state index >= 15 is 0 Å². The summed E-state index contributed by atoms with van der Waals surface area (Å²) >= 11 is 0. The maximum atomic E-state index is 5.53. The Morgan fingerprint density at radius 3 is 2.79 bits per heavy atom. The molecule has 0 aromatic heterocycles. The van der Waals surface area contributed by atoms with Crippen LogP contribution >= 0.6 is 0 Å². The highest BCUT2D eigenvalue weighted by molar-refractivity contribution is 5.03. The van der Waals surface area contributed by atoms with Crippen LogP contribution < -0.4 is 5.32 Å². The van der Waals surface area contributed by atoms with Gasteiger partial charge in [0.2, 0.25) is 0 Å². The Balaban J connectivity index is 2.60. The van der Waals surface area contributed by atoms with Gasteiger partial charge in [-0.05, 0) is 19.8 Å². The van der Waals surface area contributed by atoms with E-state index in [2.05, 4.69) is 36.9 Å². The molecule has 1 saturated heterocycles. The van der Waals surface area contributed by atoms with Crippen molar-refractivity contribution in [2.24, 2.45) is 0 Å². The summed E-state index contributed by atoms with van der Waals surface area (Å²) in [5.74, 6) is 2.88. The van der Waals surface area contributed by atoms with Crippen LogP contribution in [0.1, 0.15) is 33.6 Å². The second-order valence-electron chi connectivity index (χ2n) is 4.40. The summed E-state index contributed by atoms with van der Waals surface area (Å²) < 4.78 is 0. The molecule has 1 aliphatic rings. The highest BCUT2D eigenvalue weighted by Gasteiger charge is 2.30. The average molecular weight is 194 g/mol. The van der Waals surface area contributed by atoms with E-state index in [1.807, 2.05) is 0 Å². The van der Waals surface area contributed by atoms with Gasteiger partial charge in [0.25, 0.3) is 0 Å². The van der Waals surface area contributed by atoms with Crippen molar-refractivity contribution in [3.63, 3.8) is 0 Å². The third-order valence-corrected chi connectivity index (χ3v) is 3.30. The molecule has 0 aromatic carbocycles. The minimum Gasteiger partial charge on any atom is -0.309 e. The Morgan fingerprint density at radius 2 is 2.29 bits per heavy atom. The standard InChI is InChI=1S/C12H22N2/c1-5-11(6-2)14-9-8-13-12(4,7-3)10-14/h1,11,13H,6-10H2,2-4H3. The molecule has 1 heterocycles. The van der Waals surface area contributed by atoms with Crippen LogP contribution in [-0.4, -0.2) is 36.1 Å². The van der Waals surface area contributed by atoms with Crippen molar-refractivity contribution in [2.75, 3.05) is 19.6 Å². The van der Waals surface area contributed by atoms with Gasteiger partial charge < -0.3 is 5.32 Å². The van der Waals surface area contributed by atoms with E-state index in [1.165, 1.54) is 0 Å². The number of nitrogens with one attached hydrogen (secondary N) is 1. The van der Waals surface area contributed by atoms with Crippen molar-refractivity contribution in [1.82, 2.24) is 10.2 Å². The summed E-state index contributed by atoms with van der Waals surface area (Å²) in [4.78, 5) is 2.43. The second-order valence-corrected chi connectivity index (χ2v) is 4.40. The summed E-state index contributed by atoms with van der Waals surface area (Å²) in [6.07, 6.45) is 7.74. The monoisotopic (exact) mass is 194 g/mol. The Kier molecular flexibility index (Phi) is 3.97. The highest BCUT2D eigenvalue weighted by Crippen LogP contribution is 2.17. The zero-order valence-corrected chi connectivity index (χ0v) is 9.64. The van der Waals surface area contributed by atoms with Gasteiger partial charge in [-0.25, -0.2) is 0 Å². The first-order chi connectivity index (χ1) is 6.65. The number of piperazine rings is 1. The minimum atomic E-state index is 0.252. The van der Waals surface area contributed by atoms with Crippen molar-refractivity contribution >= 4 is 0 Å². The molecule has 1 rings (SSSR count). The zero-order chi connectivity index (χ0) is 10.6. The van der Waals surface area contributed by atoms with Crippen LogP contribution in [0, 0.1) is 12.3 Å². The topological polar surface area (TPSA) is 15.3 Å². The first-order valence-electron chi connectivity index (χ1n) is 5.60. The van der Waals surface area contributed by atoms with Gasteiger partial charge in [-0.3, -0.25) is 4.90 Å². The molecule has 2 nitrogen and oxygen atoms in total. The Hall–Kier alpha value is -0.520. The normalized spacial score (nSPS) is 31.0. The summed E-state index contributed by atoms with van der Waals surface area (Å²) in [6.45, 7) is 9.89. The molecule has 0 amide bonds. The Morgan fingerprint density at radius 1 is 1.57 bits per heavy atom. The lowest BCUT2D eigenvalue weighted by Gasteiger charge is -2.43. The maximum Gasteiger partial charge on any atom is 0.0710 e. The Labute approximate surface area is 88.1 Å². The summed E-state index contributed by atoms with van der Waals surface area (Å²) in [6, 6.07) is 0.322. The largest absolute Gasteiger partial charge is 0.309 e. The fourth-order valence-corrected chi connectivity index (χ4v) is 2.07. The third kappa shape index (κ3) is 2.50. The highest BCUT2D eigenvalue weighted by atomic mass is 15.2. The molecular weight excluding hydrogens is 172 g/mol. The molecule has 1 fully saturated rings. The molecule has 0 aromatic rings. The fourth-order valence-electron chi connectivity index (χ4n) is 2.07. The van der Waals surface area contributed by atoms with Crippen molar-refractivity contribution in [3.05, 3.63) is 0 Å². The average Bonchev–Trinajstić information content (AvgIpc) is 2.20. The lowest BCUT2D eigenvalue weighted by Crippen LogP contribution is -2.60. The lowest BCUT2D eigenvalue weighted by molar-refractivity contribution is 0.117. The quantitative estimate of drug-likeness (QED) is 0.685. The lowest BCUT2D eigenvalue weighted by atomic mass is 9.94. The van der Waals surface area contributed by atoms with E-state index in [-0.39, 0.29) is 5.54 Å². The van der Waals surface area contributed by atoms with Crippen molar-refractivity contribution in [1.29, 1.82) is 0 Å². The first-order valence-corrected chi connectivity index (χ1v) is 5.60. The zero-order valence-electron chi connectivity index (χ0n) is 9.64. The van der Waals surface area contributed by atoms with Crippen LogP contribution in [0.25, 0.3) is 0 Å². The fraction of sp³-hybridized carbons (Fsp3) is 0.833. The summed E-state index contributed by atoms with van der Waals surface area (Å²) in [7, 11) is 0. The first kappa shape index (κ1) is 11.6. The van der Waals surface area contributed by atoms with Gasteiger partial charge in [0, 0.05) is 25.2 Å². The van der Waals surface area contributed by atoms with E-state index in [9.17, 15) is 0 Å². The van der Waals surface area contributed by atoms with Crippen molar-refractivity contribution in [3.8, 4) is 12.3 Å². The summed E-state index contributed by atoms with van der Waals surface area (Å²) in [5.41, 5.74) is 0.252. The van der Waals surface area contributed by atoms with Crippen molar-refractivity contribution in [2.45, 2.75) is 45.2 Å². The van der Waals surface area contributed by atoms with Gasteiger partial charge in [-0.2, -0.15) is 0 Å². The molecule has 0 saturated carbocycles. The van der Waals surface area contributed by atoms with E-state index < -0.39 is 0 Å². The van der Waals surface area contributed by atoms with Crippen LogP contribution in [0.2, 0.25) is 0 Å². The van der Waals surface area contributed by atoms with Gasteiger partial charge in [-0.1, -0.05) is 19.8 Å². The smallest absolute Gasteiger partial charge is 0.0710 e. The molecule has 2 heteroatoms. The number of terminal acetylenes is 1. The van der Waals surface area contributed by atoms with Gasteiger partial charge >= 0.3 is 0 Å². The van der Waals surface area contributed by atoms with Crippen LogP contribution in [0.15, 0.2) is 0 Å². The number of hydrogen-bond donors (Lipinski definition) is 1. The summed E-state index contributed by atoms with van der Waals surface area (Å²) in [5, 5.41) is 3.57. The van der Waals surface area contributed by atoms with Crippen LogP contribution in [0.5, 0.6) is 0 Å². The van der Waals surface area contributed by atoms with Crippen LogP contribution in [0.4, 0.5) is 0 Å². The molecule has 2 atom stereocenters.